The molecule has 308 valence electrons. The second kappa shape index (κ2) is 15.3. The van der Waals surface area contributed by atoms with Crippen molar-refractivity contribution in [3.63, 3.8) is 0 Å². The Bertz CT molecular complexity index is 3630. The minimum absolute atomic E-state index is 0.109. The van der Waals surface area contributed by atoms with Gasteiger partial charge in [0.25, 0.3) is 0 Å². The molecule has 1 nitrogen and oxygen atoms in total. The van der Waals surface area contributed by atoms with E-state index in [2.05, 4.69) is 225 Å². The van der Waals surface area contributed by atoms with Gasteiger partial charge in [-0.1, -0.05) is 196 Å². The fourth-order valence-electron chi connectivity index (χ4n) is 10.5. The Balaban J connectivity index is 0.952. The lowest BCUT2D eigenvalue weighted by atomic mass is 9.82. The van der Waals surface area contributed by atoms with Crippen molar-refractivity contribution in [2.75, 3.05) is 4.90 Å². The molecule has 1 aliphatic carbocycles. The Hall–Kier alpha value is -8.07. The molecule has 11 aromatic rings. The molecule has 11 aromatic carbocycles. The predicted molar refractivity (Wildman–Crippen MR) is 275 cm³/mol. The van der Waals surface area contributed by atoms with Crippen LogP contribution in [0.4, 0.5) is 21.5 Å². The molecule has 0 amide bonds. The normalized spacial score (nSPS) is 12.9. The zero-order valence-corrected chi connectivity index (χ0v) is 36.3. The van der Waals surface area contributed by atoms with E-state index in [0.29, 0.717) is 0 Å². The van der Waals surface area contributed by atoms with Gasteiger partial charge < -0.3 is 4.90 Å². The number of halogens is 1. The second-order valence-corrected chi connectivity index (χ2v) is 17.8. The molecule has 2 heteroatoms. The molecule has 0 N–H and O–H groups in total. The number of anilines is 3. The van der Waals surface area contributed by atoms with Crippen LogP contribution in [0.5, 0.6) is 0 Å². The maximum absolute atomic E-state index is 14.0. The summed E-state index contributed by atoms with van der Waals surface area (Å²) in [4.78, 5) is 2.40. The molecule has 1 aliphatic rings. The van der Waals surface area contributed by atoms with Gasteiger partial charge in [0.05, 0.1) is 0 Å². The molecule has 0 aliphatic heterocycles. The van der Waals surface area contributed by atoms with Gasteiger partial charge in [0, 0.05) is 22.5 Å². The number of hydrogen-bond donors (Lipinski definition) is 0. The van der Waals surface area contributed by atoms with Crippen LogP contribution in [0, 0.1) is 5.82 Å². The Morgan fingerprint density at radius 2 is 0.908 bits per heavy atom. The summed E-state index contributed by atoms with van der Waals surface area (Å²) >= 11 is 0. The van der Waals surface area contributed by atoms with E-state index in [1.54, 1.807) is 0 Å². The van der Waals surface area contributed by atoms with E-state index in [4.69, 9.17) is 0 Å². The highest BCUT2D eigenvalue weighted by atomic mass is 19.1. The van der Waals surface area contributed by atoms with E-state index in [1.165, 1.54) is 88.8 Å². The Labute approximate surface area is 379 Å². The first kappa shape index (κ1) is 38.6. The molecular weight excluding hydrogens is 790 g/mol. The summed E-state index contributed by atoms with van der Waals surface area (Å²) in [6.07, 6.45) is 4.54. The largest absolute Gasteiger partial charge is 0.310 e. The number of benzene rings is 11. The van der Waals surface area contributed by atoms with Crippen LogP contribution in [0.1, 0.15) is 36.1 Å². The Morgan fingerprint density at radius 3 is 1.63 bits per heavy atom. The van der Waals surface area contributed by atoms with Crippen molar-refractivity contribution >= 4 is 72.3 Å². The minimum Gasteiger partial charge on any atom is -0.310 e. The smallest absolute Gasteiger partial charge is 0.123 e. The van der Waals surface area contributed by atoms with Gasteiger partial charge in [-0.05, 0) is 147 Å². The van der Waals surface area contributed by atoms with Gasteiger partial charge in [0.1, 0.15) is 5.82 Å². The van der Waals surface area contributed by atoms with Crippen molar-refractivity contribution in [2.24, 2.45) is 0 Å². The van der Waals surface area contributed by atoms with E-state index in [0.717, 1.165) is 39.1 Å². The molecule has 0 spiro atoms. The van der Waals surface area contributed by atoms with Crippen molar-refractivity contribution in [1.29, 1.82) is 0 Å². The van der Waals surface area contributed by atoms with E-state index in [-0.39, 0.29) is 11.2 Å². The first-order chi connectivity index (χ1) is 31.9. The number of fused-ring (bicyclic) bond motifs is 7. The first-order valence-electron chi connectivity index (χ1n) is 22.4. The summed E-state index contributed by atoms with van der Waals surface area (Å²) in [5.41, 5.74) is 15.4. The zero-order chi connectivity index (χ0) is 43.6. The third kappa shape index (κ3) is 6.44. The molecular formula is C63H44FN. The van der Waals surface area contributed by atoms with Gasteiger partial charge in [0.2, 0.25) is 0 Å². The predicted octanol–water partition coefficient (Wildman–Crippen LogP) is 17.7. The maximum Gasteiger partial charge on any atom is 0.123 e. The van der Waals surface area contributed by atoms with Crippen molar-refractivity contribution in [3.8, 4) is 33.4 Å². The van der Waals surface area contributed by atoms with Crippen molar-refractivity contribution in [1.82, 2.24) is 0 Å². The lowest BCUT2D eigenvalue weighted by Crippen LogP contribution is -2.16. The number of nitrogens with zero attached hydrogens (tertiary/aromatic N) is 1. The number of rotatable bonds is 7. The van der Waals surface area contributed by atoms with Crippen LogP contribution in [0.15, 0.2) is 218 Å². The summed E-state index contributed by atoms with van der Waals surface area (Å²) in [6, 6.07) is 77.6. The molecule has 0 aromatic heterocycles. The topological polar surface area (TPSA) is 3.24 Å². The van der Waals surface area contributed by atoms with Gasteiger partial charge in [0.15, 0.2) is 0 Å². The molecule has 0 bridgehead atoms. The van der Waals surface area contributed by atoms with Crippen molar-refractivity contribution in [3.05, 3.63) is 246 Å². The highest BCUT2D eigenvalue weighted by Crippen LogP contribution is 2.51. The average Bonchev–Trinajstić information content (AvgIpc) is 3.58. The van der Waals surface area contributed by atoms with Gasteiger partial charge in [-0.3, -0.25) is 0 Å². The summed E-state index contributed by atoms with van der Waals surface area (Å²) < 4.78 is 14.0. The molecule has 0 fully saturated rings. The SMILES string of the molecule is CC1(C)c2ccccc2-c2ccc(N(c3ccc(C=Cc4c5ccccc5c(-c5ccc(-c6ccc(F)cc6)c6ccccc56)c5ccccc45)cc3)c3ccc4ccccc4c3)cc21. The minimum atomic E-state index is -0.232. The molecule has 0 heterocycles. The third-order valence-electron chi connectivity index (χ3n) is 13.7. The van der Waals surface area contributed by atoms with Crippen LogP contribution < -0.4 is 4.90 Å². The van der Waals surface area contributed by atoms with Crippen LogP contribution >= 0.6 is 0 Å². The monoisotopic (exact) mass is 833 g/mol. The van der Waals surface area contributed by atoms with Crippen molar-refractivity contribution < 1.29 is 4.39 Å². The fraction of sp³-hybridized carbons (Fsp3) is 0.0476. The van der Waals surface area contributed by atoms with Gasteiger partial charge in [-0.15, -0.1) is 0 Å². The standard InChI is InChI=1S/C63H44FN/c1-63(2)60-22-12-11-19-55(60)56-36-34-48(40-61(56)63)65(47-33-28-42-13-3-4-14-44(42)39-47)46-31-23-41(24-32-46)25-35-54-52-17-7-9-20-57(52)62(58-21-10-8-18-53(54)58)59-38-37-49(43-26-29-45(64)30-27-43)50-15-5-6-16-51(50)59/h3-40H,1-2H3. The van der Waals surface area contributed by atoms with Crippen LogP contribution in [-0.2, 0) is 5.41 Å². The molecule has 12 rings (SSSR count). The summed E-state index contributed by atoms with van der Waals surface area (Å²) in [5.74, 6) is -0.232. The third-order valence-corrected chi connectivity index (χ3v) is 13.7. The number of hydrogen-bond acceptors (Lipinski definition) is 1. The van der Waals surface area contributed by atoms with Gasteiger partial charge in [-0.25, -0.2) is 4.39 Å². The summed E-state index contributed by atoms with van der Waals surface area (Å²) in [7, 11) is 0. The van der Waals surface area contributed by atoms with Crippen molar-refractivity contribution in [2.45, 2.75) is 19.3 Å². The van der Waals surface area contributed by atoms with Crippen LogP contribution in [0.2, 0.25) is 0 Å². The maximum atomic E-state index is 14.0. The van der Waals surface area contributed by atoms with E-state index in [9.17, 15) is 4.39 Å². The first-order valence-corrected chi connectivity index (χ1v) is 22.4. The molecule has 0 saturated carbocycles. The van der Waals surface area contributed by atoms with Gasteiger partial charge in [-0.2, -0.15) is 0 Å². The van der Waals surface area contributed by atoms with Crippen LogP contribution in [0.3, 0.4) is 0 Å². The zero-order valence-electron chi connectivity index (χ0n) is 36.3. The molecule has 65 heavy (non-hydrogen) atoms. The van der Waals surface area contributed by atoms with E-state index in [1.807, 2.05) is 12.1 Å². The summed E-state index contributed by atoms with van der Waals surface area (Å²) in [5, 5.41) is 9.55. The fourth-order valence-corrected chi connectivity index (χ4v) is 10.5. The van der Waals surface area contributed by atoms with Gasteiger partial charge >= 0.3 is 0 Å². The van der Waals surface area contributed by atoms with Crippen LogP contribution in [0.25, 0.3) is 88.6 Å². The molecule has 0 atom stereocenters. The molecule has 0 unspecified atom stereocenters. The average molecular weight is 834 g/mol. The highest BCUT2D eigenvalue weighted by Gasteiger charge is 2.35. The Morgan fingerprint density at radius 1 is 0.385 bits per heavy atom. The Kier molecular flexibility index (Phi) is 9.10. The lowest BCUT2D eigenvalue weighted by Gasteiger charge is -2.28. The van der Waals surface area contributed by atoms with Crippen LogP contribution in [-0.4, -0.2) is 0 Å². The highest BCUT2D eigenvalue weighted by molar-refractivity contribution is 6.21. The van der Waals surface area contributed by atoms with E-state index >= 15 is 0 Å². The second-order valence-electron chi connectivity index (χ2n) is 17.8. The molecule has 0 radical (unpaired) electrons. The van der Waals surface area contributed by atoms with E-state index < -0.39 is 0 Å². The summed E-state index contributed by atoms with van der Waals surface area (Å²) in [6.45, 7) is 4.69. The molecule has 0 saturated heterocycles. The lowest BCUT2D eigenvalue weighted by molar-refractivity contribution is 0.628. The quantitative estimate of drug-likeness (QED) is 0.114.